The Bertz CT molecular complexity index is 679. The zero-order valence-corrected chi connectivity index (χ0v) is 11.2. The van der Waals surface area contributed by atoms with Crippen LogP contribution < -0.4 is 15.4 Å². The van der Waals surface area contributed by atoms with Gasteiger partial charge in [-0.25, -0.2) is 0 Å². The normalized spacial score (nSPS) is 16.8. The lowest BCUT2D eigenvalue weighted by molar-refractivity contribution is -0.125. The van der Waals surface area contributed by atoms with Crippen molar-refractivity contribution in [1.29, 1.82) is 0 Å². The number of nitrogens with zero attached hydrogens (tertiary/aromatic N) is 3. The van der Waals surface area contributed by atoms with Gasteiger partial charge in [-0.1, -0.05) is 0 Å². The van der Waals surface area contributed by atoms with Crippen molar-refractivity contribution in [2.45, 2.75) is 12.5 Å². The van der Waals surface area contributed by atoms with E-state index in [0.29, 0.717) is 11.4 Å². The van der Waals surface area contributed by atoms with Crippen molar-refractivity contribution in [2.75, 3.05) is 17.7 Å². The zero-order chi connectivity index (χ0) is 14.8. The van der Waals surface area contributed by atoms with E-state index in [-0.39, 0.29) is 24.2 Å². The minimum atomic E-state index is -0.661. The first-order chi connectivity index (χ1) is 10.2. The molecule has 1 aliphatic heterocycles. The van der Waals surface area contributed by atoms with Crippen LogP contribution in [0.4, 0.5) is 11.6 Å². The lowest BCUT2D eigenvalue weighted by Crippen LogP contribution is -2.35. The van der Waals surface area contributed by atoms with Gasteiger partial charge in [-0.3, -0.25) is 19.5 Å². The van der Waals surface area contributed by atoms with Crippen LogP contribution in [0.2, 0.25) is 0 Å². The van der Waals surface area contributed by atoms with Crippen molar-refractivity contribution >= 4 is 23.5 Å². The average Bonchev–Trinajstić information content (AvgIpc) is 2.95. The Labute approximate surface area is 120 Å². The van der Waals surface area contributed by atoms with Gasteiger partial charge in [-0.2, -0.15) is 0 Å². The zero-order valence-electron chi connectivity index (χ0n) is 11.2. The topological polar surface area (TPSA) is 98.1 Å². The Morgan fingerprint density at radius 3 is 2.90 bits per heavy atom. The summed E-state index contributed by atoms with van der Waals surface area (Å²) < 4.78 is 6.60. The van der Waals surface area contributed by atoms with E-state index in [1.165, 1.54) is 6.33 Å². The van der Waals surface area contributed by atoms with E-state index in [0.717, 1.165) is 0 Å². The molecule has 2 amide bonds. The maximum absolute atomic E-state index is 12.3. The number of hydrogen-bond acceptors (Lipinski definition) is 5. The minimum absolute atomic E-state index is 0.0486. The smallest absolute Gasteiger partial charge is 0.248 e. The first-order valence-corrected chi connectivity index (χ1v) is 6.31. The van der Waals surface area contributed by atoms with Crippen LogP contribution in [0.25, 0.3) is 0 Å². The molecular formula is C13H13N5O3. The van der Waals surface area contributed by atoms with Gasteiger partial charge in [0, 0.05) is 5.69 Å². The molecule has 0 spiro atoms. The number of amides is 2. The van der Waals surface area contributed by atoms with Gasteiger partial charge in [-0.05, 0) is 24.3 Å². The third kappa shape index (κ3) is 2.55. The molecule has 3 rings (SSSR count). The summed E-state index contributed by atoms with van der Waals surface area (Å²) >= 11 is 0. The number of fused-ring (bicyclic) bond motifs is 1. The van der Waals surface area contributed by atoms with Crippen molar-refractivity contribution in [3.8, 4) is 5.75 Å². The maximum Gasteiger partial charge on any atom is 0.248 e. The number of ether oxygens (including phenoxy) is 1. The maximum atomic E-state index is 12.3. The Balaban J connectivity index is 1.78. The minimum Gasteiger partial charge on any atom is -0.497 e. The third-order valence-corrected chi connectivity index (χ3v) is 3.20. The van der Waals surface area contributed by atoms with E-state index >= 15 is 0 Å². The number of rotatable bonds is 3. The highest BCUT2D eigenvalue weighted by Crippen LogP contribution is 2.24. The quantitative estimate of drug-likeness (QED) is 0.870. The molecule has 0 unspecified atom stereocenters. The van der Waals surface area contributed by atoms with Gasteiger partial charge in [0.1, 0.15) is 18.1 Å². The van der Waals surface area contributed by atoms with Crippen molar-refractivity contribution in [3.63, 3.8) is 0 Å². The van der Waals surface area contributed by atoms with Gasteiger partial charge >= 0.3 is 0 Å². The highest BCUT2D eigenvalue weighted by atomic mass is 16.5. The number of methoxy groups -OCH3 is 1. The second-order valence-corrected chi connectivity index (χ2v) is 4.55. The van der Waals surface area contributed by atoms with Gasteiger partial charge in [0.2, 0.25) is 17.8 Å². The summed E-state index contributed by atoms with van der Waals surface area (Å²) in [5.41, 5.74) is 0.626. The molecule has 21 heavy (non-hydrogen) atoms. The predicted molar refractivity (Wildman–Crippen MR) is 73.9 cm³/mol. The van der Waals surface area contributed by atoms with E-state index in [2.05, 4.69) is 20.8 Å². The second kappa shape index (κ2) is 5.23. The van der Waals surface area contributed by atoms with E-state index in [1.54, 1.807) is 35.9 Å². The molecule has 2 heterocycles. The summed E-state index contributed by atoms with van der Waals surface area (Å²) in [6, 6.07) is 6.28. The SMILES string of the molecule is COc1ccc(NC(=O)[C@@H]2CC(=O)Nc3nncn32)cc1. The Kier molecular flexibility index (Phi) is 3.27. The van der Waals surface area contributed by atoms with Gasteiger partial charge in [-0.15, -0.1) is 10.2 Å². The number of benzene rings is 1. The summed E-state index contributed by atoms with van der Waals surface area (Å²) in [4.78, 5) is 23.9. The fourth-order valence-corrected chi connectivity index (χ4v) is 2.13. The molecule has 1 atom stereocenters. The standard InChI is InChI=1S/C13H13N5O3/c1-21-9-4-2-8(3-5-9)15-12(20)10-6-11(19)16-13-17-14-7-18(10)13/h2-5,7,10H,6H2,1H3,(H,15,20)(H,16,17,19)/t10-/m0/s1. The van der Waals surface area contributed by atoms with Gasteiger partial charge < -0.3 is 10.1 Å². The number of carbonyl (C=O) groups is 2. The van der Waals surface area contributed by atoms with Crippen molar-refractivity contribution in [2.24, 2.45) is 0 Å². The summed E-state index contributed by atoms with van der Waals surface area (Å²) in [5.74, 6) is 0.425. The molecular weight excluding hydrogens is 274 g/mol. The van der Waals surface area contributed by atoms with E-state index in [9.17, 15) is 9.59 Å². The largest absolute Gasteiger partial charge is 0.497 e. The lowest BCUT2D eigenvalue weighted by Gasteiger charge is -2.23. The van der Waals surface area contributed by atoms with Crippen LogP contribution in [0.3, 0.4) is 0 Å². The summed E-state index contributed by atoms with van der Waals surface area (Å²) in [5, 5.41) is 12.8. The number of aromatic nitrogens is 3. The monoisotopic (exact) mass is 287 g/mol. The van der Waals surface area contributed by atoms with Crippen LogP contribution in [-0.4, -0.2) is 33.7 Å². The third-order valence-electron chi connectivity index (χ3n) is 3.20. The first kappa shape index (κ1) is 13.1. The van der Waals surface area contributed by atoms with Gasteiger partial charge in [0.05, 0.1) is 13.5 Å². The molecule has 0 saturated carbocycles. The van der Waals surface area contributed by atoms with Gasteiger partial charge in [0.15, 0.2) is 0 Å². The number of carbonyl (C=O) groups excluding carboxylic acids is 2. The molecule has 2 aromatic rings. The van der Waals surface area contributed by atoms with E-state index < -0.39 is 6.04 Å². The van der Waals surface area contributed by atoms with Crippen LogP contribution in [-0.2, 0) is 9.59 Å². The highest BCUT2D eigenvalue weighted by Gasteiger charge is 2.31. The van der Waals surface area contributed by atoms with Crippen LogP contribution in [0, 0.1) is 0 Å². The molecule has 0 saturated heterocycles. The Morgan fingerprint density at radius 1 is 1.43 bits per heavy atom. The lowest BCUT2D eigenvalue weighted by atomic mass is 10.1. The summed E-state index contributed by atoms with van der Waals surface area (Å²) in [7, 11) is 1.57. The predicted octanol–water partition coefficient (Wildman–Crippen LogP) is 0.809. The molecule has 8 heteroatoms. The molecule has 0 radical (unpaired) electrons. The molecule has 0 fully saturated rings. The Morgan fingerprint density at radius 2 is 2.19 bits per heavy atom. The second-order valence-electron chi connectivity index (χ2n) is 4.55. The van der Waals surface area contributed by atoms with Gasteiger partial charge in [0.25, 0.3) is 0 Å². The van der Waals surface area contributed by atoms with Crippen LogP contribution in [0.15, 0.2) is 30.6 Å². The summed E-state index contributed by atoms with van der Waals surface area (Å²) in [6.45, 7) is 0. The molecule has 2 N–H and O–H groups in total. The molecule has 108 valence electrons. The first-order valence-electron chi connectivity index (χ1n) is 6.31. The van der Waals surface area contributed by atoms with Crippen molar-refractivity contribution in [3.05, 3.63) is 30.6 Å². The Hall–Kier alpha value is -2.90. The molecule has 8 nitrogen and oxygen atoms in total. The fraction of sp³-hybridized carbons (Fsp3) is 0.231. The van der Waals surface area contributed by atoms with Crippen molar-refractivity contribution < 1.29 is 14.3 Å². The fourth-order valence-electron chi connectivity index (χ4n) is 2.13. The van der Waals surface area contributed by atoms with Crippen molar-refractivity contribution in [1.82, 2.24) is 14.8 Å². The molecule has 0 bridgehead atoms. The number of nitrogens with one attached hydrogen (secondary N) is 2. The molecule has 1 aliphatic rings. The number of anilines is 2. The summed E-state index contributed by atoms with van der Waals surface area (Å²) in [6.07, 6.45) is 1.47. The van der Waals surface area contributed by atoms with Crippen LogP contribution >= 0.6 is 0 Å². The highest BCUT2D eigenvalue weighted by molar-refractivity contribution is 6.00. The molecule has 1 aromatic carbocycles. The molecule has 0 aliphatic carbocycles. The number of hydrogen-bond donors (Lipinski definition) is 2. The molecule has 1 aromatic heterocycles. The van der Waals surface area contributed by atoms with Crippen LogP contribution in [0.5, 0.6) is 5.75 Å². The van der Waals surface area contributed by atoms with E-state index in [1.807, 2.05) is 0 Å². The van der Waals surface area contributed by atoms with E-state index in [4.69, 9.17) is 4.74 Å². The van der Waals surface area contributed by atoms with Crippen LogP contribution in [0.1, 0.15) is 12.5 Å². The average molecular weight is 287 g/mol.